The predicted molar refractivity (Wildman–Crippen MR) is 107 cm³/mol. The lowest BCUT2D eigenvalue weighted by molar-refractivity contribution is -0.0122. The first-order chi connectivity index (χ1) is 14.8. The molecule has 0 amide bonds. The van der Waals surface area contributed by atoms with Crippen LogP contribution in [0.5, 0.6) is 5.75 Å². The van der Waals surface area contributed by atoms with Crippen molar-refractivity contribution in [2.45, 2.75) is 0 Å². The van der Waals surface area contributed by atoms with Gasteiger partial charge >= 0.3 is 5.97 Å². The lowest BCUT2D eigenvalue weighted by Gasteiger charge is -2.10. The van der Waals surface area contributed by atoms with E-state index in [9.17, 15) is 4.79 Å². The summed E-state index contributed by atoms with van der Waals surface area (Å²) < 4.78 is 32.0. The first kappa shape index (κ1) is 25.6. The Kier molecular flexibility index (Phi) is 15.9. The molecule has 11 heteroatoms. The Hall–Kier alpha value is -2.40. The van der Waals surface area contributed by atoms with Crippen molar-refractivity contribution in [3.8, 4) is 5.75 Å². The maximum absolute atomic E-state index is 11.1. The van der Waals surface area contributed by atoms with E-state index in [1.54, 1.807) is 18.2 Å². The monoisotopic (exact) mass is 427 g/mol. The molecule has 30 heavy (non-hydrogen) atoms. The van der Waals surface area contributed by atoms with Crippen LogP contribution < -0.4 is 4.74 Å². The van der Waals surface area contributed by atoms with Gasteiger partial charge in [0.2, 0.25) is 0 Å². The summed E-state index contributed by atoms with van der Waals surface area (Å²) in [4.78, 5) is 13.7. The largest absolute Gasteiger partial charge is 0.490 e. The van der Waals surface area contributed by atoms with E-state index in [0.29, 0.717) is 78.4 Å². The fraction of sp³-hybridized carbons (Fsp3) is 0.632. The van der Waals surface area contributed by atoms with Crippen LogP contribution in [-0.2, 0) is 23.7 Å². The molecule has 1 aromatic carbocycles. The average molecular weight is 427 g/mol. The van der Waals surface area contributed by atoms with Crippen LogP contribution in [0.1, 0.15) is 10.4 Å². The summed E-state index contributed by atoms with van der Waals surface area (Å²) in [5.74, 6) is -0.703. The molecule has 0 saturated carbocycles. The van der Waals surface area contributed by atoms with Gasteiger partial charge in [0, 0.05) is 11.5 Å². The topological polar surface area (TPSA) is 141 Å². The number of para-hydroxylation sites is 1. The molecule has 0 saturated heterocycles. The van der Waals surface area contributed by atoms with Gasteiger partial charge < -0.3 is 33.5 Å². The summed E-state index contributed by atoms with van der Waals surface area (Å²) in [7, 11) is 0. The first-order valence-corrected chi connectivity index (χ1v) is 9.60. The molecule has 168 valence electrons. The molecule has 0 aliphatic carbocycles. The van der Waals surface area contributed by atoms with Crippen molar-refractivity contribution in [3.63, 3.8) is 0 Å². The first-order valence-electron chi connectivity index (χ1n) is 9.60. The van der Waals surface area contributed by atoms with Gasteiger partial charge in [0.25, 0.3) is 0 Å². The second-order valence-electron chi connectivity index (χ2n) is 5.67. The number of rotatable bonds is 20. The van der Waals surface area contributed by atoms with Crippen LogP contribution in [0.2, 0.25) is 0 Å². The minimum Gasteiger partial charge on any atom is -0.490 e. The molecular weight excluding hydrogens is 398 g/mol. The van der Waals surface area contributed by atoms with Gasteiger partial charge in [-0.15, -0.1) is 0 Å². The Morgan fingerprint density at radius 2 is 1.27 bits per heavy atom. The number of aromatic carboxylic acids is 1. The van der Waals surface area contributed by atoms with Crippen molar-refractivity contribution < 1.29 is 38.3 Å². The number of carboxylic acids is 1. The fourth-order valence-corrected chi connectivity index (χ4v) is 2.11. The molecular formula is C19H29N3O8. The number of nitrogens with zero attached hydrogens (tertiary/aromatic N) is 3. The quantitative estimate of drug-likeness (QED) is 0.144. The zero-order valence-electron chi connectivity index (χ0n) is 16.9. The molecule has 1 N–H and O–H groups in total. The summed E-state index contributed by atoms with van der Waals surface area (Å²) in [5, 5.41) is 12.4. The second kappa shape index (κ2) is 18.6. The van der Waals surface area contributed by atoms with Gasteiger partial charge in [-0.1, -0.05) is 17.2 Å². The smallest absolute Gasteiger partial charge is 0.339 e. The van der Waals surface area contributed by atoms with Crippen molar-refractivity contribution in [2.75, 3.05) is 79.2 Å². The molecule has 0 heterocycles. The summed E-state index contributed by atoms with van der Waals surface area (Å²) >= 11 is 0. The molecule has 0 bridgehead atoms. The van der Waals surface area contributed by atoms with Gasteiger partial charge in [-0.2, -0.15) is 0 Å². The number of benzene rings is 1. The molecule has 1 aromatic rings. The highest BCUT2D eigenvalue weighted by molar-refractivity contribution is 5.90. The highest BCUT2D eigenvalue weighted by Crippen LogP contribution is 2.17. The Morgan fingerprint density at radius 3 is 1.77 bits per heavy atom. The Morgan fingerprint density at radius 1 is 0.800 bits per heavy atom. The van der Waals surface area contributed by atoms with Gasteiger partial charge in [0.15, 0.2) is 0 Å². The number of ether oxygens (including phenoxy) is 6. The molecule has 0 aliphatic heterocycles. The van der Waals surface area contributed by atoms with E-state index >= 15 is 0 Å². The van der Waals surface area contributed by atoms with E-state index in [4.69, 9.17) is 39.1 Å². The van der Waals surface area contributed by atoms with Gasteiger partial charge in [0.1, 0.15) is 17.9 Å². The molecule has 1 rings (SSSR count). The van der Waals surface area contributed by atoms with Crippen LogP contribution in [-0.4, -0.2) is 90.3 Å². The van der Waals surface area contributed by atoms with Crippen LogP contribution in [0.4, 0.5) is 0 Å². The van der Waals surface area contributed by atoms with Crippen molar-refractivity contribution in [1.29, 1.82) is 0 Å². The molecule has 0 spiro atoms. The number of carbonyl (C=O) groups is 1. The average Bonchev–Trinajstić information content (AvgIpc) is 2.75. The molecule has 0 aliphatic rings. The third-order valence-electron chi connectivity index (χ3n) is 3.49. The molecule has 0 fully saturated rings. The summed E-state index contributed by atoms with van der Waals surface area (Å²) in [6.45, 7) is 4.88. The number of azide groups is 1. The van der Waals surface area contributed by atoms with Gasteiger partial charge in [-0.25, -0.2) is 4.79 Å². The molecule has 0 radical (unpaired) electrons. The van der Waals surface area contributed by atoms with Gasteiger partial charge in [-0.3, -0.25) is 0 Å². The third-order valence-corrected chi connectivity index (χ3v) is 3.49. The van der Waals surface area contributed by atoms with Gasteiger partial charge in [-0.05, 0) is 17.7 Å². The van der Waals surface area contributed by atoms with E-state index in [0.717, 1.165) is 0 Å². The zero-order chi connectivity index (χ0) is 21.7. The van der Waals surface area contributed by atoms with Crippen molar-refractivity contribution >= 4 is 5.97 Å². The van der Waals surface area contributed by atoms with E-state index in [-0.39, 0.29) is 12.2 Å². The van der Waals surface area contributed by atoms with E-state index < -0.39 is 5.97 Å². The highest BCUT2D eigenvalue weighted by atomic mass is 16.6. The summed E-state index contributed by atoms with van der Waals surface area (Å²) in [6.07, 6.45) is 0. The third kappa shape index (κ3) is 13.7. The highest BCUT2D eigenvalue weighted by Gasteiger charge is 2.09. The lowest BCUT2D eigenvalue weighted by Crippen LogP contribution is -2.15. The second-order valence-corrected chi connectivity index (χ2v) is 5.67. The van der Waals surface area contributed by atoms with Crippen molar-refractivity contribution in [3.05, 3.63) is 40.3 Å². The zero-order valence-corrected chi connectivity index (χ0v) is 16.9. The van der Waals surface area contributed by atoms with Crippen LogP contribution in [0.25, 0.3) is 10.4 Å². The minimum atomic E-state index is -1.03. The van der Waals surface area contributed by atoms with Gasteiger partial charge in [0.05, 0.1) is 66.1 Å². The SMILES string of the molecule is [N-]=[N+]=NCCOCCOCCOCCOCCOCCOc1ccccc1C(=O)O. The summed E-state index contributed by atoms with van der Waals surface area (Å²) in [6, 6.07) is 6.47. The lowest BCUT2D eigenvalue weighted by atomic mass is 10.2. The van der Waals surface area contributed by atoms with E-state index in [1.807, 2.05) is 0 Å². The molecule has 11 nitrogen and oxygen atoms in total. The standard InChI is InChI=1S/C19H29N3O8/c20-22-21-5-6-25-7-8-26-9-10-27-11-12-28-13-14-29-15-16-30-18-4-2-1-3-17(18)19(23)24/h1-4H,5-16H2,(H,23,24). The van der Waals surface area contributed by atoms with Crippen molar-refractivity contribution in [2.24, 2.45) is 5.11 Å². The normalized spacial score (nSPS) is 10.5. The Balaban J connectivity index is 1.81. The molecule has 0 aromatic heterocycles. The van der Waals surface area contributed by atoms with E-state index in [1.165, 1.54) is 6.07 Å². The van der Waals surface area contributed by atoms with Crippen molar-refractivity contribution in [1.82, 2.24) is 0 Å². The number of carboxylic acid groups (broad SMARTS) is 1. The fourth-order valence-electron chi connectivity index (χ4n) is 2.11. The maximum atomic E-state index is 11.1. The molecule has 0 unspecified atom stereocenters. The van der Waals surface area contributed by atoms with Crippen LogP contribution in [0.15, 0.2) is 29.4 Å². The minimum absolute atomic E-state index is 0.127. The predicted octanol–water partition coefficient (Wildman–Crippen LogP) is 2.16. The summed E-state index contributed by atoms with van der Waals surface area (Å²) in [5.41, 5.74) is 8.22. The number of hydrogen-bond donors (Lipinski definition) is 1. The number of hydrogen-bond acceptors (Lipinski definition) is 8. The van der Waals surface area contributed by atoms with Crippen LogP contribution in [0, 0.1) is 0 Å². The Labute approximate surface area is 175 Å². The maximum Gasteiger partial charge on any atom is 0.339 e. The Bertz CT molecular complexity index is 626. The van der Waals surface area contributed by atoms with Crippen LogP contribution in [0.3, 0.4) is 0 Å². The molecule has 0 atom stereocenters. The van der Waals surface area contributed by atoms with E-state index in [2.05, 4.69) is 10.0 Å². The van der Waals surface area contributed by atoms with Crippen LogP contribution >= 0.6 is 0 Å².